The van der Waals surface area contributed by atoms with Gasteiger partial charge in [0.25, 0.3) is 0 Å². The molecule has 1 nitrogen and oxygen atoms in total. The normalized spacial score (nSPS) is 11.4. The van der Waals surface area contributed by atoms with Gasteiger partial charge in [0.1, 0.15) is 0 Å². The van der Waals surface area contributed by atoms with E-state index in [1.807, 2.05) is 6.07 Å². The van der Waals surface area contributed by atoms with E-state index in [0.717, 1.165) is 5.57 Å². The smallest absolute Gasteiger partial charge is 0.187 e. The second-order valence-electron chi connectivity index (χ2n) is 6.70. The van der Waals surface area contributed by atoms with Crippen LogP contribution in [0.4, 0.5) is 0 Å². The van der Waals surface area contributed by atoms with Crippen molar-refractivity contribution in [1.82, 2.24) is 0 Å². The molecule has 0 aliphatic heterocycles. The third kappa shape index (κ3) is 5.49. The predicted octanol–water partition coefficient (Wildman–Crippen LogP) is 6.27. The number of hydrogen-bond acceptors (Lipinski definition) is 1. The summed E-state index contributed by atoms with van der Waals surface area (Å²) < 4.78 is 6.27. The summed E-state index contributed by atoms with van der Waals surface area (Å²) >= 11 is 0. The fraction of sp³-hybridized carbons (Fsp3) is 0.333. The van der Waals surface area contributed by atoms with E-state index >= 15 is 0 Å². The first-order valence-corrected chi connectivity index (χ1v) is 11.6. The Kier molecular flexibility index (Phi) is 6.37. The Morgan fingerprint density at radius 1 is 1.00 bits per heavy atom. The predicted molar refractivity (Wildman–Crippen MR) is 103 cm³/mol. The lowest BCUT2D eigenvalue weighted by Crippen LogP contribution is -2.29. The van der Waals surface area contributed by atoms with E-state index in [9.17, 15) is 0 Å². The second-order valence-corrected chi connectivity index (χ2v) is 11.0. The summed E-state index contributed by atoms with van der Waals surface area (Å²) in [6.45, 7) is 11.8. The molecule has 2 heteroatoms. The first-order chi connectivity index (χ1) is 11.0. The van der Waals surface area contributed by atoms with E-state index in [4.69, 9.17) is 4.43 Å². The molecule has 0 spiro atoms. The van der Waals surface area contributed by atoms with E-state index < -0.39 is 8.32 Å². The summed E-state index contributed by atoms with van der Waals surface area (Å²) in [6, 6.07) is 20.2. The van der Waals surface area contributed by atoms with E-state index in [1.165, 1.54) is 35.6 Å². The molecule has 0 bridgehead atoms. The van der Waals surface area contributed by atoms with Crippen LogP contribution >= 0.6 is 0 Å². The van der Waals surface area contributed by atoms with E-state index in [0.29, 0.717) is 6.61 Å². The van der Waals surface area contributed by atoms with Crippen molar-refractivity contribution in [2.24, 2.45) is 0 Å². The minimum atomic E-state index is -1.54. The minimum absolute atomic E-state index is 0.707. The van der Waals surface area contributed by atoms with Gasteiger partial charge in [0, 0.05) is 0 Å². The molecule has 0 unspecified atom stereocenters. The minimum Gasteiger partial charge on any atom is -0.413 e. The van der Waals surface area contributed by atoms with Crippen molar-refractivity contribution in [3.05, 3.63) is 77.9 Å². The maximum Gasteiger partial charge on any atom is 0.187 e. The van der Waals surface area contributed by atoms with Crippen molar-refractivity contribution in [1.29, 1.82) is 0 Å². The highest BCUT2D eigenvalue weighted by Gasteiger charge is 2.21. The molecule has 23 heavy (non-hydrogen) atoms. The largest absolute Gasteiger partial charge is 0.413 e. The lowest BCUT2D eigenvalue weighted by Gasteiger charge is -2.23. The Morgan fingerprint density at radius 3 is 2.39 bits per heavy atom. The van der Waals surface area contributed by atoms with Crippen LogP contribution in [0.2, 0.25) is 19.1 Å². The molecular weight excluding hydrogens is 296 g/mol. The summed E-state index contributed by atoms with van der Waals surface area (Å²) in [5, 5.41) is 0. The molecule has 0 fully saturated rings. The maximum absolute atomic E-state index is 6.27. The SMILES string of the molecule is C=C(c1ccccc1)c1cccc(CO[Si](C)(C)CCCC)c1. The molecule has 2 aromatic rings. The third-order valence-corrected chi connectivity index (χ3v) is 6.64. The number of rotatable bonds is 8. The van der Waals surface area contributed by atoms with Crippen LogP contribution in [0.1, 0.15) is 36.5 Å². The van der Waals surface area contributed by atoms with Crippen LogP contribution < -0.4 is 0 Å². The molecule has 2 aromatic carbocycles. The molecule has 0 saturated heterocycles. The molecule has 0 aliphatic rings. The zero-order valence-corrected chi connectivity index (χ0v) is 15.6. The highest BCUT2D eigenvalue weighted by atomic mass is 28.4. The van der Waals surface area contributed by atoms with Gasteiger partial charge in [-0.05, 0) is 47.5 Å². The zero-order chi connectivity index (χ0) is 16.7. The van der Waals surface area contributed by atoms with Gasteiger partial charge in [-0.15, -0.1) is 0 Å². The third-order valence-electron chi connectivity index (χ3n) is 4.16. The zero-order valence-electron chi connectivity index (χ0n) is 14.6. The fourth-order valence-corrected chi connectivity index (χ4v) is 4.51. The summed E-state index contributed by atoms with van der Waals surface area (Å²) in [5.74, 6) is 0. The highest BCUT2D eigenvalue weighted by molar-refractivity contribution is 6.71. The van der Waals surface area contributed by atoms with Gasteiger partial charge in [-0.3, -0.25) is 0 Å². The molecule has 122 valence electrons. The van der Waals surface area contributed by atoms with Crippen LogP contribution in [0.25, 0.3) is 5.57 Å². The first kappa shape index (κ1) is 17.7. The molecule has 0 radical (unpaired) electrons. The van der Waals surface area contributed by atoms with E-state index in [2.05, 4.69) is 75.1 Å². The Hall–Kier alpha value is -1.64. The maximum atomic E-state index is 6.27. The lowest BCUT2D eigenvalue weighted by atomic mass is 9.98. The van der Waals surface area contributed by atoms with Gasteiger partial charge in [0.15, 0.2) is 8.32 Å². The number of benzene rings is 2. The highest BCUT2D eigenvalue weighted by Crippen LogP contribution is 2.23. The Bertz CT molecular complexity index is 631. The van der Waals surface area contributed by atoms with E-state index in [-0.39, 0.29) is 0 Å². The van der Waals surface area contributed by atoms with Crippen LogP contribution in [0, 0.1) is 0 Å². The van der Waals surface area contributed by atoms with Crippen molar-refractivity contribution in [2.75, 3.05) is 0 Å². The van der Waals surface area contributed by atoms with Crippen molar-refractivity contribution in [3.63, 3.8) is 0 Å². The van der Waals surface area contributed by atoms with E-state index in [1.54, 1.807) is 0 Å². The number of hydrogen-bond donors (Lipinski definition) is 0. The molecule has 0 saturated carbocycles. The van der Waals surface area contributed by atoms with Crippen molar-refractivity contribution < 1.29 is 4.43 Å². The van der Waals surface area contributed by atoms with Crippen molar-refractivity contribution >= 4 is 13.9 Å². The monoisotopic (exact) mass is 324 g/mol. The standard InChI is InChI=1S/C21H28OSi/c1-5-6-15-23(3,4)22-17-19-11-10-14-21(16-19)18(2)20-12-8-7-9-13-20/h7-14,16H,2,5-6,15,17H2,1,3-4H3. The van der Waals surface area contributed by atoms with Gasteiger partial charge in [-0.2, -0.15) is 0 Å². The van der Waals surface area contributed by atoms with Gasteiger partial charge in [-0.1, -0.05) is 74.9 Å². The van der Waals surface area contributed by atoms with Gasteiger partial charge in [0.05, 0.1) is 6.61 Å². The summed E-state index contributed by atoms with van der Waals surface area (Å²) in [6.07, 6.45) is 2.51. The van der Waals surface area contributed by atoms with Crippen LogP contribution in [-0.2, 0) is 11.0 Å². The summed E-state index contributed by atoms with van der Waals surface area (Å²) in [5.41, 5.74) is 4.64. The average molecular weight is 325 g/mol. The molecule has 0 N–H and O–H groups in total. The molecule has 0 aliphatic carbocycles. The first-order valence-electron chi connectivity index (χ1n) is 8.49. The Balaban J connectivity index is 2.04. The fourth-order valence-electron chi connectivity index (χ4n) is 2.61. The Morgan fingerprint density at radius 2 is 1.70 bits per heavy atom. The summed E-state index contributed by atoms with van der Waals surface area (Å²) in [7, 11) is -1.54. The van der Waals surface area contributed by atoms with Crippen LogP contribution in [0.5, 0.6) is 0 Å². The summed E-state index contributed by atoms with van der Waals surface area (Å²) in [4.78, 5) is 0. The number of unbranched alkanes of at least 4 members (excludes halogenated alkanes) is 1. The molecule has 0 heterocycles. The Labute approximate surface area is 142 Å². The van der Waals surface area contributed by atoms with Crippen molar-refractivity contribution in [2.45, 2.75) is 45.5 Å². The lowest BCUT2D eigenvalue weighted by molar-refractivity contribution is 0.294. The van der Waals surface area contributed by atoms with Crippen LogP contribution in [0.3, 0.4) is 0 Å². The topological polar surface area (TPSA) is 9.23 Å². The van der Waals surface area contributed by atoms with Gasteiger partial charge < -0.3 is 4.43 Å². The van der Waals surface area contributed by atoms with Gasteiger partial charge >= 0.3 is 0 Å². The molecule has 2 rings (SSSR count). The van der Waals surface area contributed by atoms with Crippen molar-refractivity contribution in [3.8, 4) is 0 Å². The van der Waals surface area contributed by atoms with Crippen LogP contribution in [-0.4, -0.2) is 8.32 Å². The molecule has 0 atom stereocenters. The molecule has 0 amide bonds. The molecular formula is C21H28OSi. The van der Waals surface area contributed by atoms with Gasteiger partial charge in [0.2, 0.25) is 0 Å². The second kappa shape index (κ2) is 8.28. The van der Waals surface area contributed by atoms with Gasteiger partial charge in [-0.25, -0.2) is 0 Å². The molecule has 0 aromatic heterocycles. The average Bonchev–Trinajstić information content (AvgIpc) is 2.59. The quantitative estimate of drug-likeness (QED) is 0.520. The van der Waals surface area contributed by atoms with Crippen LogP contribution in [0.15, 0.2) is 61.2 Å².